The summed E-state index contributed by atoms with van der Waals surface area (Å²) in [5.41, 5.74) is 10.2. The molecular weight excluding hydrogens is 264 g/mol. The summed E-state index contributed by atoms with van der Waals surface area (Å²) in [5, 5.41) is 4.16. The maximum atomic E-state index is 5.99. The number of hydrogen-bond donors (Lipinski definition) is 1. The van der Waals surface area contributed by atoms with Crippen LogP contribution in [0, 0.1) is 6.92 Å². The SMILES string of the molecule is Cc1ncsc1CCOC(c1ccsc1)C(C)N. The first kappa shape index (κ1) is 13.7. The molecule has 0 aliphatic carbocycles. The van der Waals surface area contributed by atoms with Crippen molar-refractivity contribution in [3.8, 4) is 0 Å². The predicted molar refractivity (Wildman–Crippen MR) is 77.2 cm³/mol. The van der Waals surface area contributed by atoms with Crippen molar-refractivity contribution in [3.05, 3.63) is 38.5 Å². The van der Waals surface area contributed by atoms with Gasteiger partial charge in [0.25, 0.3) is 0 Å². The average molecular weight is 282 g/mol. The molecule has 0 aliphatic heterocycles. The molecule has 0 saturated carbocycles. The molecule has 3 nitrogen and oxygen atoms in total. The van der Waals surface area contributed by atoms with Crippen molar-refractivity contribution in [1.82, 2.24) is 4.98 Å². The summed E-state index contributed by atoms with van der Waals surface area (Å²) in [6, 6.07) is 2.08. The Labute approximate surface area is 116 Å². The van der Waals surface area contributed by atoms with E-state index in [1.54, 1.807) is 22.7 Å². The molecule has 0 saturated heterocycles. The fourth-order valence-electron chi connectivity index (χ4n) is 1.83. The van der Waals surface area contributed by atoms with Crippen LogP contribution >= 0.6 is 22.7 Å². The van der Waals surface area contributed by atoms with Crippen LogP contribution in [0.4, 0.5) is 0 Å². The molecule has 0 fully saturated rings. The molecule has 0 spiro atoms. The van der Waals surface area contributed by atoms with Gasteiger partial charge in [0.1, 0.15) is 0 Å². The zero-order valence-corrected chi connectivity index (χ0v) is 12.3. The Morgan fingerprint density at radius 1 is 1.50 bits per heavy atom. The van der Waals surface area contributed by atoms with E-state index in [4.69, 9.17) is 10.5 Å². The molecule has 2 N–H and O–H groups in total. The number of aryl methyl sites for hydroxylation is 1. The molecule has 18 heavy (non-hydrogen) atoms. The maximum Gasteiger partial charge on any atom is 0.0981 e. The van der Waals surface area contributed by atoms with E-state index >= 15 is 0 Å². The van der Waals surface area contributed by atoms with Crippen LogP contribution in [-0.4, -0.2) is 17.6 Å². The summed E-state index contributed by atoms with van der Waals surface area (Å²) < 4.78 is 5.94. The molecule has 2 heterocycles. The quantitative estimate of drug-likeness (QED) is 0.885. The topological polar surface area (TPSA) is 48.1 Å². The highest BCUT2D eigenvalue weighted by molar-refractivity contribution is 7.09. The number of rotatable bonds is 6. The molecule has 2 unspecified atom stereocenters. The second-order valence-corrected chi connectivity index (χ2v) is 6.04. The van der Waals surface area contributed by atoms with Crippen molar-refractivity contribution in [2.24, 2.45) is 5.73 Å². The molecule has 0 radical (unpaired) electrons. The van der Waals surface area contributed by atoms with Crippen molar-refractivity contribution >= 4 is 22.7 Å². The van der Waals surface area contributed by atoms with Crippen molar-refractivity contribution in [2.75, 3.05) is 6.61 Å². The molecule has 0 aromatic carbocycles. The number of hydrogen-bond acceptors (Lipinski definition) is 5. The monoisotopic (exact) mass is 282 g/mol. The van der Waals surface area contributed by atoms with E-state index in [2.05, 4.69) is 21.8 Å². The van der Waals surface area contributed by atoms with Crippen LogP contribution in [0.25, 0.3) is 0 Å². The van der Waals surface area contributed by atoms with Gasteiger partial charge in [0, 0.05) is 17.3 Å². The van der Waals surface area contributed by atoms with E-state index in [1.165, 1.54) is 10.4 Å². The Morgan fingerprint density at radius 2 is 2.33 bits per heavy atom. The minimum Gasteiger partial charge on any atom is -0.372 e. The van der Waals surface area contributed by atoms with Gasteiger partial charge in [-0.2, -0.15) is 11.3 Å². The molecule has 5 heteroatoms. The van der Waals surface area contributed by atoms with Gasteiger partial charge in [-0.3, -0.25) is 0 Å². The maximum absolute atomic E-state index is 5.99. The van der Waals surface area contributed by atoms with Gasteiger partial charge in [0.2, 0.25) is 0 Å². The third kappa shape index (κ3) is 3.38. The van der Waals surface area contributed by atoms with Gasteiger partial charge < -0.3 is 10.5 Å². The summed E-state index contributed by atoms with van der Waals surface area (Å²) >= 11 is 3.36. The molecular formula is C13H18N2OS2. The molecule has 2 atom stereocenters. The predicted octanol–water partition coefficient (Wildman–Crippen LogP) is 3.16. The van der Waals surface area contributed by atoms with Crippen LogP contribution in [0.3, 0.4) is 0 Å². The fraction of sp³-hybridized carbons (Fsp3) is 0.462. The van der Waals surface area contributed by atoms with Crippen LogP contribution in [0.5, 0.6) is 0 Å². The van der Waals surface area contributed by atoms with E-state index < -0.39 is 0 Å². The summed E-state index contributed by atoms with van der Waals surface area (Å²) in [6.45, 7) is 4.71. The minimum atomic E-state index is -0.00974. The van der Waals surface area contributed by atoms with Crippen LogP contribution in [0.1, 0.15) is 29.2 Å². The fourth-order valence-corrected chi connectivity index (χ4v) is 3.28. The first-order valence-corrected chi connectivity index (χ1v) is 7.79. The highest BCUT2D eigenvalue weighted by atomic mass is 32.1. The van der Waals surface area contributed by atoms with E-state index in [-0.39, 0.29) is 12.1 Å². The van der Waals surface area contributed by atoms with Gasteiger partial charge >= 0.3 is 0 Å². The number of nitrogens with two attached hydrogens (primary N) is 1. The molecule has 0 amide bonds. The first-order chi connectivity index (χ1) is 8.68. The van der Waals surface area contributed by atoms with Crippen LogP contribution < -0.4 is 5.73 Å². The number of ether oxygens (including phenoxy) is 1. The lowest BCUT2D eigenvalue weighted by atomic mass is 10.1. The molecule has 2 rings (SSSR count). The normalized spacial score (nSPS) is 14.6. The van der Waals surface area contributed by atoms with Gasteiger partial charge in [0.15, 0.2) is 0 Å². The molecule has 2 aromatic heterocycles. The lowest BCUT2D eigenvalue weighted by Crippen LogP contribution is -2.27. The molecule has 2 aromatic rings. The lowest BCUT2D eigenvalue weighted by molar-refractivity contribution is 0.0408. The largest absolute Gasteiger partial charge is 0.372 e. The van der Waals surface area contributed by atoms with E-state index in [0.29, 0.717) is 6.61 Å². The third-order valence-corrected chi connectivity index (χ3v) is 4.52. The number of thiophene rings is 1. The summed E-state index contributed by atoms with van der Waals surface area (Å²) in [4.78, 5) is 5.53. The molecule has 0 aliphatic rings. The van der Waals surface area contributed by atoms with Crippen molar-refractivity contribution < 1.29 is 4.74 Å². The smallest absolute Gasteiger partial charge is 0.0981 e. The van der Waals surface area contributed by atoms with E-state index in [0.717, 1.165) is 12.1 Å². The number of aromatic nitrogens is 1. The summed E-state index contributed by atoms with van der Waals surface area (Å²) in [5.74, 6) is 0. The Kier molecular flexibility index (Phi) is 4.88. The number of thiazole rings is 1. The number of nitrogens with zero attached hydrogens (tertiary/aromatic N) is 1. The average Bonchev–Trinajstić information content (AvgIpc) is 2.96. The summed E-state index contributed by atoms with van der Waals surface area (Å²) in [7, 11) is 0. The Balaban J connectivity index is 1.89. The Bertz CT molecular complexity index is 465. The van der Waals surface area contributed by atoms with Gasteiger partial charge in [-0.05, 0) is 36.2 Å². The van der Waals surface area contributed by atoms with E-state index in [1.807, 2.05) is 19.4 Å². The van der Waals surface area contributed by atoms with Crippen LogP contribution in [0.2, 0.25) is 0 Å². The third-order valence-electron chi connectivity index (χ3n) is 2.82. The molecule has 98 valence electrons. The highest BCUT2D eigenvalue weighted by Gasteiger charge is 2.17. The zero-order chi connectivity index (χ0) is 13.0. The van der Waals surface area contributed by atoms with Gasteiger partial charge in [-0.15, -0.1) is 11.3 Å². The van der Waals surface area contributed by atoms with Gasteiger partial charge in [-0.1, -0.05) is 0 Å². The second kappa shape index (κ2) is 6.43. The van der Waals surface area contributed by atoms with Crippen molar-refractivity contribution in [2.45, 2.75) is 32.4 Å². The van der Waals surface area contributed by atoms with Crippen LogP contribution in [0.15, 0.2) is 22.3 Å². The highest BCUT2D eigenvalue weighted by Crippen LogP contribution is 2.23. The standard InChI is InChI=1S/C13H18N2OS2/c1-9(14)13(11-4-6-17-7-11)16-5-3-12-10(2)15-8-18-12/h4,6-9,13H,3,5,14H2,1-2H3. The Hall–Kier alpha value is -0.750. The molecule has 0 bridgehead atoms. The van der Waals surface area contributed by atoms with Gasteiger partial charge in [-0.25, -0.2) is 4.98 Å². The minimum absolute atomic E-state index is 0.00200. The first-order valence-electron chi connectivity index (χ1n) is 5.96. The van der Waals surface area contributed by atoms with Crippen molar-refractivity contribution in [1.29, 1.82) is 0 Å². The van der Waals surface area contributed by atoms with Crippen molar-refractivity contribution in [3.63, 3.8) is 0 Å². The lowest BCUT2D eigenvalue weighted by Gasteiger charge is -2.20. The zero-order valence-electron chi connectivity index (χ0n) is 10.6. The second-order valence-electron chi connectivity index (χ2n) is 4.32. The summed E-state index contributed by atoms with van der Waals surface area (Å²) in [6.07, 6.45) is 0.897. The van der Waals surface area contributed by atoms with E-state index in [9.17, 15) is 0 Å². The van der Waals surface area contributed by atoms with Gasteiger partial charge in [0.05, 0.1) is 23.9 Å². The van der Waals surface area contributed by atoms with Crippen LogP contribution in [-0.2, 0) is 11.2 Å². The Morgan fingerprint density at radius 3 is 2.89 bits per heavy atom.